The van der Waals surface area contributed by atoms with Gasteiger partial charge in [0.25, 0.3) is 0 Å². The average Bonchev–Trinajstić information content (AvgIpc) is 2.65. The van der Waals surface area contributed by atoms with E-state index in [2.05, 4.69) is 4.99 Å². The van der Waals surface area contributed by atoms with E-state index in [1.807, 2.05) is 0 Å². The molecule has 0 bridgehead atoms. The highest BCUT2D eigenvalue weighted by Crippen LogP contribution is 2.42. The number of benzene rings is 1. The van der Waals surface area contributed by atoms with E-state index < -0.39 is 5.54 Å². The zero-order chi connectivity index (χ0) is 11.8. The molecule has 16 heavy (non-hydrogen) atoms. The Morgan fingerprint density at radius 2 is 2.19 bits per heavy atom. The second kappa shape index (κ2) is 3.81. The standard InChI is InChI=1S/C11H10ClNO3/c1-11(2,13-5-14)7-3-8(12)10-9(4-7)15-6-16-10/h3-4H,6H2,1-2H3. The van der Waals surface area contributed by atoms with Gasteiger partial charge >= 0.3 is 0 Å². The maximum Gasteiger partial charge on any atom is 0.235 e. The van der Waals surface area contributed by atoms with Crippen LogP contribution in [0.3, 0.4) is 0 Å². The fourth-order valence-corrected chi connectivity index (χ4v) is 1.76. The fraction of sp³-hybridized carbons (Fsp3) is 0.364. The van der Waals surface area contributed by atoms with Crippen molar-refractivity contribution in [1.82, 2.24) is 0 Å². The maximum absolute atomic E-state index is 10.3. The molecular formula is C11H10ClNO3. The average molecular weight is 240 g/mol. The Morgan fingerprint density at radius 3 is 2.88 bits per heavy atom. The van der Waals surface area contributed by atoms with Crippen molar-refractivity contribution < 1.29 is 14.3 Å². The van der Waals surface area contributed by atoms with Gasteiger partial charge in [0, 0.05) is 0 Å². The first-order chi connectivity index (χ1) is 7.54. The second-order valence-electron chi connectivity index (χ2n) is 3.95. The summed E-state index contributed by atoms with van der Waals surface area (Å²) in [5, 5.41) is 0.458. The van der Waals surface area contributed by atoms with Gasteiger partial charge in [0.15, 0.2) is 11.5 Å². The maximum atomic E-state index is 10.3. The lowest BCUT2D eigenvalue weighted by molar-refractivity contribution is 0.174. The Morgan fingerprint density at radius 1 is 1.44 bits per heavy atom. The van der Waals surface area contributed by atoms with Gasteiger partial charge in [-0.25, -0.2) is 4.79 Å². The lowest BCUT2D eigenvalue weighted by Crippen LogP contribution is -2.13. The quantitative estimate of drug-likeness (QED) is 0.589. The van der Waals surface area contributed by atoms with Gasteiger partial charge in [-0.15, -0.1) is 0 Å². The number of fused-ring (bicyclic) bond motifs is 1. The molecule has 0 unspecified atom stereocenters. The van der Waals surface area contributed by atoms with Crippen LogP contribution in [0.1, 0.15) is 19.4 Å². The smallest absolute Gasteiger partial charge is 0.235 e. The third kappa shape index (κ3) is 1.77. The summed E-state index contributed by atoms with van der Waals surface area (Å²) in [6, 6.07) is 3.49. The lowest BCUT2D eigenvalue weighted by atomic mass is 9.95. The lowest BCUT2D eigenvalue weighted by Gasteiger charge is -2.18. The molecule has 4 nitrogen and oxygen atoms in total. The van der Waals surface area contributed by atoms with Gasteiger partial charge in [-0.2, -0.15) is 4.99 Å². The molecule has 84 valence electrons. The Bertz CT molecular complexity index is 478. The third-order valence-electron chi connectivity index (χ3n) is 2.46. The predicted molar refractivity (Wildman–Crippen MR) is 58.7 cm³/mol. The van der Waals surface area contributed by atoms with Gasteiger partial charge in [0.2, 0.25) is 12.9 Å². The van der Waals surface area contributed by atoms with Gasteiger partial charge in [0.1, 0.15) is 0 Å². The molecule has 0 radical (unpaired) electrons. The number of hydrogen-bond donors (Lipinski definition) is 0. The Balaban J connectivity index is 2.52. The van der Waals surface area contributed by atoms with E-state index >= 15 is 0 Å². The zero-order valence-electron chi connectivity index (χ0n) is 8.91. The van der Waals surface area contributed by atoms with Crippen LogP contribution in [0, 0.1) is 0 Å². The molecule has 1 aliphatic rings. The summed E-state index contributed by atoms with van der Waals surface area (Å²) in [4.78, 5) is 14.1. The van der Waals surface area contributed by atoms with Gasteiger partial charge in [0.05, 0.1) is 10.6 Å². The molecule has 2 rings (SSSR count). The Hall–Kier alpha value is -1.51. The summed E-state index contributed by atoms with van der Waals surface area (Å²) in [6.45, 7) is 3.76. The minimum absolute atomic E-state index is 0.163. The van der Waals surface area contributed by atoms with Crippen LogP contribution in [-0.4, -0.2) is 12.9 Å². The van der Waals surface area contributed by atoms with Crippen molar-refractivity contribution in [2.75, 3.05) is 6.79 Å². The number of rotatable bonds is 2. The number of halogens is 1. The van der Waals surface area contributed by atoms with Crippen LogP contribution < -0.4 is 9.47 Å². The number of aliphatic imine (C=N–C) groups is 1. The molecule has 0 fully saturated rings. The van der Waals surface area contributed by atoms with E-state index in [4.69, 9.17) is 21.1 Å². The number of nitrogens with zero attached hydrogens (tertiary/aromatic N) is 1. The van der Waals surface area contributed by atoms with Crippen molar-refractivity contribution >= 4 is 17.7 Å². The predicted octanol–water partition coefficient (Wildman–Crippen LogP) is 2.64. The summed E-state index contributed by atoms with van der Waals surface area (Å²) in [7, 11) is 0. The summed E-state index contributed by atoms with van der Waals surface area (Å²) >= 11 is 6.04. The van der Waals surface area contributed by atoms with Crippen molar-refractivity contribution in [2.45, 2.75) is 19.4 Å². The largest absolute Gasteiger partial charge is 0.454 e. The van der Waals surface area contributed by atoms with E-state index in [0.717, 1.165) is 5.56 Å². The molecule has 1 aliphatic heterocycles. The van der Waals surface area contributed by atoms with Gasteiger partial charge in [-0.3, -0.25) is 0 Å². The van der Waals surface area contributed by atoms with Gasteiger partial charge < -0.3 is 9.47 Å². The van der Waals surface area contributed by atoms with Crippen LogP contribution in [0.15, 0.2) is 17.1 Å². The third-order valence-corrected chi connectivity index (χ3v) is 2.74. The summed E-state index contributed by atoms with van der Waals surface area (Å²) in [5.41, 5.74) is 0.108. The van der Waals surface area contributed by atoms with Crippen molar-refractivity contribution in [3.05, 3.63) is 22.7 Å². The van der Waals surface area contributed by atoms with E-state index in [-0.39, 0.29) is 6.79 Å². The molecule has 0 atom stereocenters. The summed E-state index contributed by atoms with van der Waals surface area (Å²) in [6.07, 6.45) is 1.55. The van der Waals surface area contributed by atoms with E-state index in [0.29, 0.717) is 16.5 Å². The van der Waals surface area contributed by atoms with Crippen molar-refractivity contribution in [2.24, 2.45) is 4.99 Å². The van der Waals surface area contributed by atoms with Gasteiger partial charge in [-0.1, -0.05) is 11.6 Å². The topological polar surface area (TPSA) is 47.9 Å². The summed E-state index contributed by atoms with van der Waals surface area (Å²) in [5.74, 6) is 1.12. The van der Waals surface area contributed by atoms with E-state index in [9.17, 15) is 4.79 Å². The first-order valence-corrected chi connectivity index (χ1v) is 5.11. The molecule has 1 heterocycles. The zero-order valence-corrected chi connectivity index (χ0v) is 9.67. The first-order valence-electron chi connectivity index (χ1n) is 4.73. The van der Waals surface area contributed by atoms with Crippen LogP contribution in [0.4, 0.5) is 0 Å². The Labute approximate surface area is 97.8 Å². The molecule has 5 heteroatoms. The van der Waals surface area contributed by atoms with Gasteiger partial charge in [-0.05, 0) is 31.5 Å². The minimum atomic E-state index is -0.674. The molecule has 0 saturated heterocycles. The highest BCUT2D eigenvalue weighted by atomic mass is 35.5. The molecular weight excluding hydrogens is 230 g/mol. The van der Waals surface area contributed by atoms with Crippen LogP contribution in [0.5, 0.6) is 11.5 Å². The van der Waals surface area contributed by atoms with Crippen LogP contribution >= 0.6 is 11.6 Å². The van der Waals surface area contributed by atoms with Crippen molar-refractivity contribution in [1.29, 1.82) is 0 Å². The molecule has 0 N–H and O–H groups in total. The number of ether oxygens (including phenoxy) is 2. The molecule has 0 saturated carbocycles. The molecule has 0 aliphatic carbocycles. The molecule has 0 amide bonds. The molecule has 1 aromatic rings. The normalized spacial score (nSPS) is 13.4. The highest BCUT2D eigenvalue weighted by Gasteiger charge is 2.25. The van der Waals surface area contributed by atoms with Crippen LogP contribution in [0.2, 0.25) is 5.02 Å². The minimum Gasteiger partial charge on any atom is -0.454 e. The number of carbonyl (C=O) groups excluding carboxylic acids is 1. The Kier molecular flexibility index (Phi) is 2.62. The van der Waals surface area contributed by atoms with Crippen LogP contribution in [0.25, 0.3) is 0 Å². The highest BCUT2D eigenvalue weighted by molar-refractivity contribution is 6.32. The fourth-order valence-electron chi connectivity index (χ4n) is 1.50. The van der Waals surface area contributed by atoms with E-state index in [1.165, 1.54) is 0 Å². The monoisotopic (exact) mass is 239 g/mol. The SMILES string of the molecule is CC(C)(N=C=O)c1cc(Cl)c2c(c1)OCO2. The second-order valence-corrected chi connectivity index (χ2v) is 4.36. The van der Waals surface area contributed by atoms with Crippen molar-refractivity contribution in [3.63, 3.8) is 0 Å². The van der Waals surface area contributed by atoms with Crippen molar-refractivity contribution in [3.8, 4) is 11.5 Å². The van der Waals surface area contributed by atoms with E-state index in [1.54, 1.807) is 32.1 Å². The molecule has 0 spiro atoms. The first kappa shape index (κ1) is 11.0. The number of isocyanates is 1. The van der Waals surface area contributed by atoms with Crippen LogP contribution in [-0.2, 0) is 10.3 Å². The molecule has 0 aromatic heterocycles. The number of hydrogen-bond acceptors (Lipinski definition) is 4. The summed E-state index contributed by atoms with van der Waals surface area (Å²) < 4.78 is 10.4. The molecule has 1 aromatic carbocycles.